The van der Waals surface area contributed by atoms with E-state index in [1.165, 1.54) is 5.56 Å². The summed E-state index contributed by atoms with van der Waals surface area (Å²) < 4.78 is 69.5. The number of likely N-dealkylation sites (tertiary alicyclic amines) is 1. The number of alkyl halides is 6. The maximum atomic E-state index is 10.6. The number of carbonyl (C=O) groups is 2. The van der Waals surface area contributed by atoms with Crippen molar-refractivity contribution in [1.82, 2.24) is 9.88 Å². The zero-order chi connectivity index (χ0) is 26.9. The molecule has 2 aromatic heterocycles. The van der Waals surface area contributed by atoms with Crippen LogP contribution in [0.4, 0.5) is 32.2 Å². The minimum absolute atomic E-state index is 0.411. The van der Waals surface area contributed by atoms with Gasteiger partial charge in [-0.05, 0) is 34.5 Å². The molecule has 3 N–H and O–H groups in total. The molecule has 0 radical (unpaired) electrons. The minimum atomic E-state index is -5.08. The van der Waals surface area contributed by atoms with Gasteiger partial charge in [-0.3, -0.25) is 4.90 Å². The number of aromatic nitrogens is 1. The Morgan fingerprint density at radius 2 is 1.72 bits per heavy atom. The first-order valence-corrected chi connectivity index (χ1v) is 11.3. The molecule has 2 aliphatic rings. The third-order valence-electron chi connectivity index (χ3n) is 5.20. The monoisotopic (exact) mass is 543 g/mol. The van der Waals surface area contributed by atoms with Gasteiger partial charge in [0.15, 0.2) is 0 Å². The fourth-order valence-corrected chi connectivity index (χ4v) is 4.22. The van der Waals surface area contributed by atoms with E-state index in [1.807, 2.05) is 24.4 Å². The van der Waals surface area contributed by atoms with E-state index < -0.39 is 24.3 Å². The summed E-state index contributed by atoms with van der Waals surface area (Å²) in [4.78, 5) is 24.7. The van der Waals surface area contributed by atoms with Crippen molar-refractivity contribution >= 4 is 29.1 Å². The van der Waals surface area contributed by atoms with Gasteiger partial charge in [0.25, 0.3) is 0 Å². The molecular formula is C21H23F6N3O5S. The van der Waals surface area contributed by atoms with Crippen LogP contribution in [-0.4, -0.2) is 76.7 Å². The van der Waals surface area contributed by atoms with Crippen molar-refractivity contribution in [2.45, 2.75) is 25.0 Å². The van der Waals surface area contributed by atoms with Gasteiger partial charge in [-0.1, -0.05) is 6.07 Å². The topological polar surface area (TPSA) is 112 Å². The molecule has 2 saturated heterocycles. The van der Waals surface area contributed by atoms with Crippen LogP contribution in [0.1, 0.15) is 5.56 Å². The number of rotatable bonds is 5. The Morgan fingerprint density at radius 1 is 1.08 bits per heavy atom. The van der Waals surface area contributed by atoms with Crippen molar-refractivity contribution in [2.75, 3.05) is 31.6 Å². The second kappa shape index (κ2) is 12.9. The Hall–Kier alpha value is -2.91. The number of aliphatic carboxylic acids is 2. The lowest BCUT2D eigenvalue weighted by Crippen LogP contribution is -2.27. The minimum Gasteiger partial charge on any atom is -0.475 e. The molecule has 200 valence electrons. The quantitative estimate of drug-likeness (QED) is 0.486. The lowest BCUT2D eigenvalue weighted by Gasteiger charge is -2.19. The van der Waals surface area contributed by atoms with Crippen molar-refractivity contribution in [3.8, 4) is 0 Å². The summed E-state index contributed by atoms with van der Waals surface area (Å²) in [6.45, 7) is 5.10. The fourth-order valence-electron chi connectivity index (χ4n) is 3.56. The molecule has 2 aromatic rings. The Bertz CT molecular complexity index is 935. The highest BCUT2D eigenvalue weighted by atomic mass is 32.1. The molecule has 2 fully saturated rings. The number of nitrogens with zero attached hydrogens (tertiary/aromatic N) is 2. The van der Waals surface area contributed by atoms with Crippen LogP contribution >= 0.6 is 11.3 Å². The van der Waals surface area contributed by atoms with E-state index in [9.17, 15) is 26.3 Å². The molecule has 2 aliphatic heterocycles. The van der Waals surface area contributed by atoms with Crippen LogP contribution in [0.5, 0.6) is 0 Å². The molecule has 8 nitrogen and oxygen atoms in total. The number of hydrogen-bond donors (Lipinski definition) is 3. The van der Waals surface area contributed by atoms with Gasteiger partial charge >= 0.3 is 24.3 Å². The first kappa shape index (κ1) is 29.3. The Labute approximate surface area is 205 Å². The Morgan fingerprint density at radius 3 is 2.22 bits per heavy atom. The number of halogens is 6. The van der Waals surface area contributed by atoms with E-state index in [0.717, 1.165) is 38.6 Å². The van der Waals surface area contributed by atoms with Gasteiger partial charge < -0.3 is 20.3 Å². The van der Waals surface area contributed by atoms with Crippen molar-refractivity contribution in [1.29, 1.82) is 0 Å². The highest BCUT2D eigenvalue weighted by Gasteiger charge is 2.43. The number of carboxylic acids is 2. The number of anilines is 1. The van der Waals surface area contributed by atoms with Crippen molar-refractivity contribution in [2.24, 2.45) is 11.8 Å². The van der Waals surface area contributed by atoms with E-state index >= 15 is 0 Å². The maximum absolute atomic E-state index is 10.6. The van der Waals surface area contributed by atoms with Gasteiger partial charge in [0.1, 0.15) is 5.82 Å². The predicted octanol–water partition coefficient (Wildman–Crippen LogP) is 3.97. The van der Waals surface area contributed by atoms with Crippen molar-refractivity contribution in [3.05, 3.63) is 46.8 Å². The smallest absolute Gasteiger partial charge is 0.475 e. The summed E-state index contributed by atoms with van der Waals surface area (Å²) in [7, 11) is 0. The normalized spacial score (nSPS) is 21.4. The van der Waals surface area contributed by atoms with E-state index in [0.29, 0.717) is 17.9 Å². The summed E-state index contributed by atoms with van der Waals surface area (Å²) in [6.07, 6.45) is -7.93. The molecule has 0 bridgehead atoms. The summed E-state index contributed by atoms with van der Waals surface area (Å²) in [6, 6.07) is 8.20. The SMILES string of the molecule is O=C(O)C(F)(F)F.O=C(O)C(F)(F)F.c1ccc(NC[C@@H]2CO[C@@H]3CN(Cc4ccsc4)C[C@H]23)nc1. The maximum Gasteiger partial charge on any atom is 0.490 e. The highest BCUT2D eigenvalue weighted by molar-refractivity contribution is 7.07. The number of ether oxygens (including phenoxy) is 1. The number of fused-ring (bicyclic) bond motifs is 1. The molecule has 15 heteroatoms. The second-order valence-electron chi connectivity index (χ2n) is 7.82. The van der Waals surface area contributed by atoms with Crippen LogP contribution in [0, 0.1) is 11.8 Å². The molecule has 0 aliphatic carbocycles. The Balaban J connectivity index is 0.000000271. The zero-order valence-corrected chi connectivity index (χ0v) is 19.3. The van der Waals surface area contributed by atoms with E-state index in [-0.39, 0.29) is 0 Å². The van der Waals surface area contributed by atoms with Crippen LogP contribution < -0.4 is 5.32 Å². The number of hydrogen-bond acceptors (Lipinski definition) is 7. The van der Waals surface area contributed by atoms with E-state index in [1.54, 1.807) is 11.3 Å². The summed E-state index contributed by atoms with van der Waals surface area (Å²) in [5, 5.41) is 22.1. The second-order valence-corrected chi connectivity index (χ2v) is 8.60. The first-order valence-electron chi connectivity index (χ1n) is 10.4. The average Bonchev–Trinajstić information content (AvgIpc) is 3.51. The number of thiophene rings is 1. The molecule has 0 aromatic carbocycles. The van der Waals surface area contributed by atoms with Crippen LogP contribution in [0.3, 0.4) is 0 Å². The van der Waals surface area contributed by atoms with Crippen molar-refractivity contribution < 1.29 is 50.9 Å². The lowest BCUT2D eigenvalue weighted by atomic mass is 9.93. The van der Waals surface area contributed by atoms with Crippen LogP contribution in [0.25, 0.3) is 0 Å². The molecule has 4 heterocycles. The van der Waals surface area contributed by atoms with Gasteiger partial charge in [0, 0.05) is 44.2 Å². The standard InChI is InChI=1S/C17H21N3OS.2C2HF3O2/c1-2-5-18-17(3-1)19-7-14-11-21-16-10-20(9-15(14)16)8-13-4-6-22-12-13;2*3-2(4,5)1(6)7/h1-6,12,14-16H,7-11H2,(H,18,19);2*(H,6,7)/t14-,15-,16-;;/m1../s1. The average molecular weight is 543 g/mol. The van der Waals surface area contributed by atoms with Crippen LogP contribution in [0.15, 0.2) is 41.2 Å². The van der Waals surface area contributed by atoms with Crippen LogP contribution in [0.2, 0.25) is 0 Å². The van der Waals surface area contributed by atoms with E-state index in [4.69, 9.17) is 24.5 Å². The predicted molar refractivity (Wildman–Crippen MR) is 116 cm³/mol. The molecule has 36 heavy (non-hydrogen) atoms. The fraction of sp³-hybridized carbons (Fsp3) is 0.476. The third-order valence-corrected chi connectivity index (χ3v) is 5.93. The molecule has 0 saturated carbocycles. The van der Waals surface area contributed by atoms with Crippen LogP contribution in [-0.2, 0) is 20.9 Å². The summed E-state index contributed by atoms with van der Waals surface area (Å²) in [5.74, 6) is -3.33. The molecule has 3 atom stereocenters. The summed E-state index contributed by atoms with van der Waals surface area (Å²) in [5.41, 5.74) is 1.42. The molecule has 4 rings (SSSR count). The molecular weight excluding hydrogens is 520 g/mol. The largest absolute Gasteiger partial charge is 0.490 e. The number of nitrogens with one attached hydrogen (secondary N) is 1. The van der Waals surface area contributed by atoms with Gasteiger partial charge in [0.05, 0.1) is 12.7 Å². The van der Waals surface area contributed by atoms with Gasteiger partial charge in [-0.25, -0.2) is 14.6 Å². The third kappa shape index (κ3) is 9.62. The highest BCUT2D eigenvalue weighted by Crippen LogP contribution is 2.34. The molecule has 0 amide bonds. The Kier molecular flexibility index (Phi) is 10.5. The van der Waals surface area contributed by atoms with Gasteiger partial charge in [-0.15, -0.1) is 0 Å². The zero-order valence-electron chi connectivity index (χ0n) is 18.5. The van der Waals surface area contributed by atoms with Gasteiger partial charge in [-0.2, -0.15) is 37.7 Å². The summed E-state index contributed by atoms with van der Waals surface area (Å²) >= 11 is 1.78. The molecule has 0 spiro atoms. The van der Waals surface area contributed by atoms with Gasteiger partial charge in [0.2, 0.25) is 0 Å². The molecule has 0 unspecified atom stereocenters. The number of carboxylic acid groups (broad SMARTS) is 2. The first-order chi connectivity index (χ1) is 16.8. The lowest BCUT2D eigenvalue weighted by molar-refractivity contribution is -0.193. The number of pyridine rings is 1. The van der Waals surface area contributed by atoms with E-state index in [2.05, 4.69) is 32.0 Å². The van der Waals surface area contributed by atoms with Crippen molar-refractivity contribution in [3.63, 3.8) is 0 Å².